The van der Waals surface area contributed by atoms with Crippen LogP contribution in [0.4, 0.5) is 0 Å². The van der Waals surface area contributed by atoms with Gasteiger partial charge in [0.25, 0.3) is 5.56 Å². The molecule has 144 valence electrons. The van der Waals surface area contributed by atoms with E-state index in [0.29, 0.717) is 11.9 Å². The van der Waals surface area contributed by atoms with Crippen molar-refractivity contribution >= 4 is 20.9 Å². The van der Waals surface area contributed by atoms with Crippen molar-refractivity contribution in [3.8, 4) is 0 Å². The molecule has 0 saturated carbocycles. The number of unbranched alkanes of at least 4 members (excludes halogenated alkanes) is 1. The lowest BCUT2D eigenvalue weighted by Gasteiger charge is -2.18. The van der Waals surface area contributed by atoms with Crippen molar-refractivity contribution in [1.82, 2.24) is 13.9 Å². The van der Waals surface area contributed by atoms with E-state index in [1.165, 1.54) is 44.0 Å². The molecule has 26 heavy (non-hydrogen) atoms. The molecular formula is C17H25N3O5S. The minimum atomic E-state index is -3.82. The van der Waals surface area contributed by atoms with E-state index >= 15 is 0 Å². The molecule has 1 aromatic carbocycles. The van der Waals surface area contributed by atoms with Gasteiger partial charge in [0.1, 0.15) is 0 Å². The van der Waals surface area contributed by atoms with Crippen LogP contribution in [0.3, 0.4) is 0 Å². The number of fused-ring (bicyclic) bond motifs is 1. The molecule has 1 unspecified atom stereocenters. The third kappa shape index (κ3) is 4.05. The fourth-order valence-corrected chi connectivity index (χ4v) is 4.14. The molecule has 0 saturated heterocycles. The first-order valence-corrected chi connectivity index (χ1v) is 9.92. The van der Waals surface area contributed by atoms with Crippen LogP contribution in [0.15, 0.2) is 32.7 Å². The fourth-order valence-electron chi connectivity index (χ4n) is 2.86. The maximum atomic E-state index is 12.7. The summed E-state index contributed by atoms with van der Waals surface area (Å²) in [5, 5.41) is 0.175. The summed E-state index contributed by atoms with van der Waals surface area (Å²) in [6.07, 6.45) is 2.48. The highest BCUT2D eigenvalue weighted by molar-refractivity contribution is 7.89. The van der Waals surface area contributed by atoms with Crippen LogP contribution >= 0.6 is 0 Å². The van der Waals surface area contributed by atoms with Gasteiger partial charge in [-0.15, -0.1) is 0 Å². The SMILES string of the molecule is CCCCC(COC)NS(=O)(=O)c1ccc2c(c1)c(=O)n(C)c(=O)n2C. The molecule has 1 N–H and O–H groups in total. The van der Waals surface area contributed by atoms with E-state index in [0.717, 1.165) is 17.4 Å². The number of sulfonamides is 1. The number of aryl methyl sites for hydroxylation is 1. The van der Waals surface area contributed by atoms with Crippen molar-refractivity contribution in [3.63, 3.8) is 0 Å². The van der Waals surface area contributed by atoms with Crippen LogP contribution in [0.25, 0.3) is 10.9 Å². The molecule has 0 bridgehead atoms. The number of ether oxygens (including phenoxy) is 1. The number of rotatable bonds is 8. The maximum Gasteiger partial charge on any atom is 0.330 e. The Balaban J connectivity index is 2.48. The molecule has 1 atom stereocenters. The van der Waals surface area contributed by atoms with Crippen LogP contribution < -0.4 is 16.0 Å². The van der Waals surface area contributed by atoms with E-state index in [1.807, 2.05) is 6.92 Å². The Bertz CT molecular complexity index is 1010. The smallest absolute Gasteiger partial charge is 0.330 e. The highest BCUT2D eigenvalue weighted by Gasteiger charge is 2.21. The van der Waals surface area contributed by atoms with Gasteiger partial charge in [-0.2, -0.15) is 0 Å². The molecular weight excluding hydrogens is 358 g/mol. The molecule has 2 aromatic rings. The molecule has 0 aliphatic carbocycles. The summed E-state index contributed by atoms with van der Waals surface area (Å²) in [6.45, 7) is 2.30. The molecule has 0 fully saturated rings. The molecule has 0 amide bonds. The molecule has 0 spiro atoms. The van der Waals surface area contributed by atoms with Crippen molar-refractivity contribution in [1.29, 1.82) is 0 Å². The lowest BCUT2D eigenvalue weighted by molar-refractivity contribution is 0.170. The van der Waals surface area contributed by atoms with Gasteiger partial charge in [-0.25, -0.2) is 17.9 Å². The topological polar surface area (TPSA) is 99.4 Å². The average Bonchev–Trinajstić information content (AvgIpc) is 2.62. The van der Waals surface area contributed by atoms with E-state index in [1.54, 1.807) is 0 Å². The number of nitrogens with one attached hydrogen (secondary N) is 1. The van der Waals surface area contributed by atoms with E-state index < -0.39 is 21.3 Å². The number of methoxy groups -OCH3 is 1. The van der Waals surface area contributed by atoms with Gasteiger partial charge >= 0.3 is 5.69 Å². The summed E-state index contributed by atoms with van der Waals surface area (Å²) in [5.41, 5.74) is -0.605. The van der Waals surface area contributed by atoms with Gasteiger partial charge in [0.15, 0.2) is 0 Å². The first-order valence-electron chi connectivity index (χ1n) is 8.44. The summed E-state index contributed by atoms with van der Waals surface area (Å²) in [7, 11) is 0.601. The number of hydrogen-bond acceptors (Lipinski definition) is 5. The van der Waals surface area contributed by atoms with Gasteiger partial charge in [-0.1, -0.05) is 19.8 Å². The van der Waals surface area contributed by atoms with Crippen molar-refractivity contribution in [2.24, 2.45) is 14.1 Å². The Morgan fingerprint density at radius 1 is 1.19 bits per heavy atom. The molecule has 9 heteroatoms. The first kappa shape index (κ1) is 20.3. The Morgan fingerprint density at radius 2 is 1.88 bits per heavy atom. The minimum Gasteiger partial charge on any atom is -0.383 e. The van der Waals surface area contributed by atoms with Crippen LogP contribution in [-0.4, -0.2) is 37.3 Å². The highest BCUT2D eigenvalue weighted by Crippen LogP contribution is 2.16. The van der Waals surface area contributed by atoms with Crippen LogP contribution in [0.5, 0.6) is 0 Å². The maximum absolute atomic E-state index is 12.7. The second-order valence-electron chi connectivity index (χ2n) is 6.30. The van der Waals surface area contributed by atoms with E-state index in [2.05, 4.69) is 4.72 Å². The molecule has 1 heterocycles. The average molecular weight is 383 g/mol. The Kier molecular flexibility index (Phi) is 6.38. The molecule has 2 rings (SSSR count). The van der Waals surface area contributed by atoms with Gasteiger partial charge in [-0.3, -0.25) is 13.9 Å². The lowest BCUT2D eigenvalue weighted by atomic mass is 10.1. The summed E-state index contributed by atoms with van der Waals surface area (Å²) < 4.78 is 35.5. The third-order valence-corrected chi connectivity index (χ3v) is 5.86. The van der Waals surface area contributed by atoms with Crippen molar-refractivity contribution in [2.45, 2.75) is 37.1 Å². The highest BCUT2D eigenvalue weighted by atomic mass is 32.2. The lowest BCUT2D eigenvalue weighted by Crippen LogP contribution is -2.38. The van der Waals surface area contributed by atoms with Gasteiger partial charge in [0.2, 0.25) is 10.0 Å². The fraction of sp³-hybridized carbons (Fsp3) is 0.529. The summed E-state index contributed by atoms with van der Waals surface area (Å²) in [5.74, 6) is 0. The molecule has 1 aromatic heterocycles. The monoisotopic (exact) mass is 383 g/mol. The summed E-state index contributed by atoms with van der Waals surface area (Å²) >= 11 is 0. The van der Waals surface area contributed by atoms with E-state index in [-0.39, 0.29) is 22.9 Å². The van der Waals surface area contributed by atoms with Gasteiger partial charge in [-0.05, 0) is 24.6 Å². The summed E-state index contributed by atoms with van der Waals surface area (Å²) in [4.78, 5) is 24.3. The second-order valence-corrected chi connectivity index (χ2v) is 8.01. The van der Waals surface area contributed by atoms with Crippen molar-refractivity contribution in [3.05, 3.63) is 39.0 Å². The first-order chi connectivity index (χ1) is 12.2. The Morgan fingerprint density at radius 3 is 2.50 bits per heavy atom. The van der Waals surface area contributed by atoms with E-state index in [4.69, 9.17) is 4.74 Å². The van der Waals surface area contributed by atoms with Crippen LogP contribution in [0.2, 0.25) is 0 Å². The largest absolute Gasteiger partial charge is 0.383 e. The number of nitrogens with zero attached hydrogens (tertiary/aromatic N) is 2. The number of hydrogen-bond donors (Lipinski definition) is 1. The Labute approximate surface area is 152 Å². The molecule has 0 aliphatic rings. The predicted octanol–water partition coefficient (Wildman–Crippen LogP) is 0.721. The molecule has 0 radical (unpaired) electrons. The number of benzene rings is 1. The summed E-state index contributed by atoms with van der Waals surface area (Å²) in [6, 6.07) is 3.84. The normalized spacial score (nSPS) is 13.2. The number of aromatic nitrogens is 2. The van der Waals surface area contributed by atoms with Crippen molar-refractivity contribution in [2.75, 3.05) is 13.7 Å². The van der Waals surface area contributed by atoms with E-state index in [9.17, 15) is 18.0 Å². The quantitative estimate of drug-likeness (QED) is 0.724. The van der Waals surface area contributed by atoms with Gasteiger partial charge < -0.3 is 4.74 Å². The van der Waals surface area contributed by atoms with Gasteiger partial charge in [0.05, 0.1) is 22.4 Å². The molecule has 8 nitrogen and oxygen atoms in total. The standard InChI is InChI=1S/C17H25N3O5S/c1-5-6-7-12(11-25-4)18-26(23,24)13-8-9-15-14(10-13)16(21)20(3)17(22)19(15)2/h8-10,12,18H,5-7,11H2,1-4H3. The Hall–Kier alpha value is -1.97. The second kappa shape index (κ2) is 8.15. The van der Waals surface area contributed by atoms with Gasteiger partial charge in [0, 0.05) is 27.2 Å². The minimum absolute atomic E-state index is 0.0154. The van der Waals surface area contributed by atoms with Crippen LogP contribution in [0.1, 0.15) is 26.2 Å². The van der Waals surface area contributed by atoms with Crippen LogP contribution in [0, 0.1) is 0 Å². The van der Waals surface area contributed by atoms with Crippen molar-refractivity contribution < 1.29 is 13.2 Å². The van der Waals surface area contributed by atoms with Crippen LogP contribution in [-0.2, 0) is 28.9 Å². The third-order valence-electron chi connectivity index (χ3n) is 4.34. The zero-order valence-electron chi connectivity index (χ0n) is 15.5. The predicted molar refractivity (Wildman–Crippen MR) is 99.9 cm³/mol. The zero-order valence-corrected chi connectivity index (χ0v) is 16.3. The zero-order chi connectivity index (χ0) is 19.5. The molecule has 0 aliphatic heterocycles.